The summed E-state index contributed by atoms with van der Waals surface area (Å²) in [6.45, 7) is 6.47. The Kier molecular flexibility index (Phi) is 3.10. The standard InChI is InChI=1S/C13H24O3S/c1-12(2,3)6-7-13(14)8-10-4-5-11(9-13)17(10,15)16/h10-11,14H,4-9H2,1-3H3. The van der Waals surface area contributed by atoms with Gasteiger partial charge in [0.1, 0.15) is 0 Å². The molecular formula is C13H24O3S. The zero-order valence-electron chi connectivity index (χ0n) is 11.1. The molecule has 2 saturated heterocycles. The molecule has 0 radical (unpaired) electrons. The molecule has 2 atom stereocenters. The van der Waals surface area contributed by atoms with E-state index in [1.807, 2.05) is 0 Å². The van der Waals surface area contributed by atoms with Gasteiger partial charge in [-0.15, -0.1) is 0 Å². The Bertz CT molecular complexity index is 371. The van der Waals surface area contributed by atoms with Crippen molar-refractivity contribution in [2.75, 3.05) is 0 Å². The molecule has 2 unspecified atom stereocenters. The van der Waals surface area contributed by atoms with Crippen molar-refractivity contribution in [2.24, 2.45) is 5.41 Å². The number of aliphatic hydroxyl groups is 1. The molecule has 0 amide bonds. The molecule has 0 aromatic rings. The van der Waals surface area contributed by atoms with Crippen LogP contribution in [0.15, 0.2) is 0 Å². The van der Waals surface area contributed by atoms with Crippen molar-refractivity contribution in [3.8, 4) is 0 Å². The van der Waals surface area contributed by atoms with Gasteiger partial charge in [0.25, 0.3) is 0 Å². The van der Waals surface area contributed by atoms with Gasteiger partial charge in [-0.3, -0.25) is 0 Å². The van der Waals surface area contributed by atoms with Crippen LogP contribution in [-0.2, 0) is 9.84 Å². The van der Waals surface area contributed by atoms with E-state index in [-0.39, 0.29) is 15.9 Å². The van der Waals surface area contributed by atoms with Crippen molar-refractivity contribution in [1.29, 1.82) is 0 Å². The number of fused-ring (bicyclic) bond motifs is 2. The first-order chi connectivity index (χ1) is 7.62. The van der Waals surface area contributed by atoms with E-state index in [1.165, 1.54) is 0 Å². The van der Waals surface area contributed by atoms with Crippen LogP contribution in [0.5, 0.6) is 0 Å². The van der Waals surface area contributed by atoms with E-state index >= 15 is 0 Å². The Labute approximate surface area is 105 Å². The number of hydrogen-bond acceptors (Lipinski definition) is 3. The molecule has 0 aliphatic carbocycles. The number of sulfone groups is 1. The van der Waals surface area contributed by atoms with E-state index in [9.17, 15) is 13.5 Å². The Balaban J connectivity index is 2.06. The summed E-state index contributed by atoms with van der Waals surface area (Å²) in [4.78, 5) is 0. The highest BCUT2D eigenvalue weighted by molar-refractivity contribution is 7.93. The molecule has 2 aliphatic rings. The van der Waals surface area contributed by atoms with E-state index in [0.717, 1.165) is 25.7 Å². The highest BCUT2D eigenvalue weighted by atomic mass is 32.2. The summed E-state index contributed by atoms with van der Waals surface area (Å²) in [5.41, 5.74) is -0.532. The fourth-order valence-corrected chi connectivity index (χ4v) is 5.71. The minimum absolute atomic E-state index is 0.200. The van der Waals surface area contributed by atoms with Gasteiger partial charge >= 0.3 is 0 Å². The van der Waals surface area contributed by atoms with Gasteiger partial charge in [0.05, 0.1) is 16.1 Å². The first-order valence-electron chi connectivity index (χ1n) is 6.58. The highest BCUT2D eigenvalue weighted by Crippen LogP contribution is 2.45. The van der Waals surface area contributed by atoms with Crippen molar-refractivity contribution in [1.82, 2.24) is 0 Å². The maximum Gasteiger partial charge on any atom is 0.156 e. The van der Waals surface area contributed by atoms with Crippen LogP contribution in [0.2, 0.25) is 0 Å². The summed E-state index contributed by atoms with van der Waals surface area (Å²) in [6, 6.07) is 0. The molecule has 100 valence electrons. The molecule has 0 saturated carbocycles. The van der Waals surface area contributed by atoms with Gasteiger partial charge in [0, 0.05) is 0 Å². The number of hydrogen-bond donors (Lipinski definition) is 1. The van der Waals surface area contributed by atoms with Crippen LogP contribution in [0.4, 0.5) is 0 Å². The zero-order valence-corrected chi connectivity index (χ0v) is 11.9. The summed E-state index contributed by atoms with van der Waals surface area (Å²) >= 11 is 0. The average molecular weight is 260 g/mol. The van der Waals surface area contributed by atoms with Crippen molar-refractivity contribution >= 4 is 9.84 Å². The van der Waals surface area contributed by atoms with Gasteiger partial charge in [-0.1, -0.05) is 20.8 Å². The molecule has 2 aliphatic heterocycles. The van der Waals surface area contributed by atoms with E-state index in [4.69, 9.17) is 0 Å². The second-order valence-corrected chi connectivity index (χ2v) is 9.62. The smallest absolute Gasteiger partial charge is 0.156 e. The minimum atomic E-state index is -2.91. The molecule has 3 nitrogen and oxygen atoms in total. The minimum Gasteiger partial charge on any atom is -0.390 e. The lowest BCUT2D eigenvalue weighted by Crippen LogP contribution is -2.45. The summed E-state index contributed by atoms with van der Waals surface area (Å²) in [5, 5.41) is 10.0. The molecule has 4 heteroatoms. The molecule has 0 aromatic heterocycles. The van der Waals surface area contributed by atoms with Crippen LogP contribution < -0.4 is 0 Å². The second-order valence-electron chi connectivity index (χ2n) is 7.10. The molecule has 2 heterocycles. The van der Waals surface area contributed by atoms with Crippen LogP contribution >= 0.6 is 0 Å². The van der Waals surface area contributed by atoms with Crippen molar-refractivity contribution in [2.45, 2.75) is 75.4 Å². The largest absolute Gasteiger partial charge is 0.390 e. The van der Waals surface area contributed by atoms with Crippen LogP contribution in [0.1, 0.15) is 59.3 Å². The quantitative estimate of drug-likeness (QED) is 0.828. The van der Waals surface area contributed by atoms with Crippen LogP contribution in [0.25, 0.3) is 0 Å². The molecule has 2 rings (SSSR count). The highest BCUT2D eigenvalue weighted by Gasteiger charge is 2.52. The van der Waals surface area contributed by atoms with Crippen LogP contribution in [0.3, 0.4) is 0 Å². The predicted octanol–water partition coefficient (Wildman–Crippen LogP) is 2.28. The van der Waals surface area contributed by atoms with Gasteiger partial charge in [0.15, 0.2) is 9.84 Å². The van der Waals surface area contributed by atoms with Crippen LogP contribution in [0, 0.1) is 5.41 Å². The monoisotopic (exact) mass is 260 g/mol. The topological polar surface area (TPSA) is 54.4 Å². The van der Waals surface area contributed by atoms with Gasteiger partial charge in [-0.25, -0.2) is 8.42 Å². The van der Waals surface area contributed by atoms with E-state index in [2.05, 4.69) is 20.8 Å². The Morgan fingerprint density at radius 3 is 2.06 bits per heavy atom. The summed E-state index contributed by atoms with van der Waals surface area (Å²) < 4.78 is 23.9. The molecular weight excluding hydrogens is 236 g/mol. The lowest BCUT2D eigenvalue weighted by molar-refractivity contribution is 0.00373. The zero-order chi connectivity index (χ0) is 12.9. The summed E-state index contributed by atoms with van der Waals surface area (Å²) in [7, 11) is -2.91. The molecule has 0 aromatic carbocycles. The third-order valence-corrected chi connectivity index (χ3v) is 6.96. The first kappa shape index (κ1) is 13.3. The second kappa shape index (κ2) is 3.95. The lowest BCUT2D eigenvalue weighted by atomic mass is 9.81. The average Bonchev–Trinajstić information content (AvgIpc) is 2.38. The molecule has 2 fully saturated rings. The van der Waals surface area contributed by atoms with Gasteiger partial charge < -0.3 is 5.11 Å². The van der Waals surface area contributed by atoms with Gasteiger partial charge in [-0.05, 0) is 43.9 Å². The van der Waals surface area contributed by atoms with Gasteiger partial charge in [0.2, 0.25) is 0 Å². The Hall–Kier alpha value is -0.0900. The number of rotatable bonds is 2. The first-order valence-corrected chi connectivity index (χ1v) is 8.19. The van der Waals surface area contributed by atoms with E-state index in [0.29, 0.717) is 12.8 Å². The SMILES string of the molecule is CC(C)(C)CCC1(O)CC2CCC(C1)S2(=O)=O. The maximum atomic E-state index is 12.0. The third kappa shape index (κ3) is 2.68. The summed E-state index contributed by atoms with van der Waals surface area (Å²) in [6.07, 6.45) is 4.11. The Morgan fingerprint density at radius 2 is 1.65 bits per heavy atom. The molecule has 1 N–H and O–H groups in total. The molecule has 17 heavy (non-hydrogen) atoms. The Morgan fingerprint density at radius 1 is 1.18 bits per heavy atom. The predicted molar refractivity (Wildman–Crippen MR) is 68.6 cm³/mol. The van der Waals surface area contributed by atoms with Gasteiger partial charge in [-0.2, -0.15) is 0 Å². The van der Waals surface area contributed by atoms with Crippen molar-refractivity contribution < 1.29 is 13.5 Å². The van der Waals surface area contributed by atoms with E-state index < -0.39 is 15.4 Å². The fraction of sp³-hybridized carbons (Fsp3) is 1.00. The normalized spacial score (nSPS) is 40.5. The van der Waals surface area contributed by atoms with Crippen molar-refractivity contribution in [3.63, 3.8) is 0 Å². The third-order valence-electron chi connectivity index (χ3n) is 4.30. The molecule has 0 spiro atoms. The lowest BCUT2D eigenvalue weighted by Gasteiger charge is -2.37. The fourth-order valence-electron chi connectivity index (χ4n) is 3.15. The summed E-state index contributed by atoms with van der Waals surface area (Å²) in [5.74, 6) is 0. The molecule has 2 bridgehead atoms. The van der Waals surface area contributed by atoms with Crippen LogP contribution in [-0.4, -0.2) is 29.6 Å². The van der Waals surface area contributed by atoms with E-state index in [1.54, 1.807) is 0 Å². The maximum absolute atomic E-state index is 12.0. The van der Waals surface area contributed by atoms with Crippen molar-refractivity contribution in [3.05, 3.63) is 0 Å².